The summed E-state index contributed by atoms with van der Waals surface area (Å²) >= 11 is 0. The fourth-order valence-electron chi connectivity index (χ4n) is 10.5. The molecule has 0 saturated carbocycles. The molecule has 0 aromatic heterocycles. The minimum absolute atomic E-state index is 0.0791. The number of nitrogens with one attached hydrogen (secondary N) is 1. The molecule has 0 rings (SSSR count). The molecule has 0 spiro atoms. The van der Waals surface area contributed by atoms with Crippen LogP contribution in [-0.4, -0.2) is 73.4 Å². The highest BCUT2D eigenvalue weighted by Crippen LogP contribution is 2.43. The van der Waals surface area contributed by atoms with Gasteiger partial charge in [0, 0.05) is 6.42 Å². The largest absolute Gasteiger partial charge is 0.472 e. The Morgan fingerprint density at radius 3 is 0.918 bits per heavy atom. The number of quaternary nitrogens is 1. The SMILES string of the molecule is CCCCCCCCCCCCCCCCCCCCCCCCCCCCCCCCCCCCCCC(=O)NC(COP(=O)(O)OCC[N+](C)(C)C)C(O)CCCCCCCCCCCCCCCCC. The van der Waals surface area contributed by atoms with E-state index in [4.69, 9.17) is 9.05 Å². The van der Waals surface area contributed by atoms with Crippen molar-refractivity contribution < 1.29 is 32.9 Å². The lowest BCUT2D eigenvalue weighted by molar-refractivity contribution is -0.870. The van der Waals surface area contributed by atoms with Crippen molar-refractivity contribution >= 4 is 13.7 Å². The molecule has 0 saturated heterocycles. The molecule has 0 heterocycles. The minimum Gasteiger partial charge on any atom is -0.391 e. The molecular formula is C64H132N2O6P+. The minimum atomic E-state index is -4.32. The first kappa shape index (κ1) is 72.5. The molecule has 0 radical (unpaired) electrons. The van der Waals surface area contributed by atoms with Crippen LogP contribution in [0, 0.1) is 0 Å². The third-order valence-electron chi connectivity index (χ3n) is 15.6. The van der Waals surface area contributed by atoms with E-state index in [0.717, 1.165) is 38.5 Å². The summed E-state index contributed by atoms with van der Waals surface area (Å²) in [6, 6.07) is -0.755. The molecule has 438 valence electrons. The monoisotopic (exact) mass is 1060 g/mol. The maximum atomic E-state index is 13.0. The molecule has 3 atom stereocenters. The Morgan fingerprint density at radius 1 is 0.411 bits per heavy atom. The number of rotatable bonds is 62. The summed E-state index contributed by atoms with van der Waals surface area (Å²) in [5.41, 5.74) is 0. The van der Waals surface area contributed by atoms with E-state index in [1.807, 2.05) is 21.1 Å². The summed E-state index contributed by atoms with van der Waals surface area (Å²) in [5.74, 6) is -0.135. The molecule has 0 aliphatic carbocycles. The van der Waals surface area contributed by atoms with Gasteiger partial charge < -0.3 is 19.8 Å². The second-order valence-electron chi connectivity index (χ2n) is 24.2. The van der Waals surface area contributed by atoms with Crippen molar-refractivity contribution in [3.63, 3.8) is 0 Å². The van der Waals surface area contributed by atoms with E-state index in [-0.39, 0.29) is 19.1 Å². The van der Waals surface area contributed by atoms with Crippen LogP contribution in [0.1, 0.15) is 354 Å². The van der Waals surface area contributed by atoms with Crippen LogP contribution in [0.5, 0.6) is 0 Å². The van der Waals surface area contributed by atoms with Crippen molar-refractivity contribution in [2.45, 2.75) is 366 Å². The lowest BCUT2D eigenvalue weighted by atomic mass is 10.0. The van der Waals surface area contributed by atoms with Gasteiger partial charge in [-0.1, -0.05) is 335 Å². The molecule has 0 aliphatic heterocycles. The van der Waals surface area contributed by atoms with Gasteiger partial charge in [-0.05, 0) is 12.8 Å². The maximum Gasteiger partial charge on any atom is 0.472 e. The molecule has 9 heteroatoms. The third kappa shape index (κ3) is 59.0. The Bertz CT molecular complexity index is 1150. The van der Waals surface area contributed by atoms with Gasteiger partial charge in [-0.3, -0.25) is 13.8 Å². The third-order valence-corrected chi connectivity index (χ3v) is 16.6. The fourth-order valence-corrected chi connectivity index (χ4v) is 11.2. The number of amides is 1. The predicted octanol–water partition coefficient (Wildman–Crippen LogP) is 20.4. The standard InChI is InChI=1S/C64H131N2O6P/c1-6-8-10-12-14-16-18-20-22-23-24-25-26-27-28-29-30-31-32-33-34-35-36-37-38-39-40-41-42-44-46-48-50-52-54-56-58-64(68)65-62(61-72-73(69,70)71-60-59-66(3,4)5)63(67)57-55-53-51-49-47-45-43-21-19-17-15-13-11-9-7-2/h62-63,67H,6-61H2,1-5H3,(H-,65,68,69,70)/p+1. The predicted molar refractivity (Wildman–Crippen MR) is 319 cm³/mol. The molecule has 73 heavy (non-hydrogen) atoms. The normalized spacial score (nSPS) is 13.7. The molecular weight excluding hydrogens is 924 g/mol. The van der Waals surface area contributed by atoms with Crippen LogP contribution in [0.25, 0.3) is 0 Å². The van der Waals surface area contributed by atoms with Crippen LogP contribution in [0.3, 0.4) is 0 Å². The fraction of sp³-hybridized carbons (Fsp3) is 0.984. The first-order valence-electron chi connectivity index (χ1n) is 32.9. The average molecular weight is 1060 g/mol. The number of likely N-dealkylation sites (N-methyl/N-ethyl adjacent to an activating group) is 1. The number of hydrogen-bond donors (Lipinski definition) is 3. The van der Waals surface area contributed by atoms with Crippen LogP contribution in [0.2, 0.25) is 0 Å². The van der Waals surface area contributed by atoms with Crippen molar-refractivity contribution in [3.05, 3.63) is 0 Å². The van der Waals surface area contributed by atoms with Crippen LogP contribution in [0.15, 0.2) is 0 Å². The molecule has 0 fully saturated rings. The zero-order valence-corrected chi connectivity index (χ0v) is 51.1. The van der Waals surface area contributed by atoms with Crippen LogP contribution >= 0.6 is 7.82 Å². The lowest BCUT2D eigenvalue weighted by Crippen LogP contribution is -2.46. The Morgan fingerprint density at radius 2 is 0.658 bits per heavy atom. The molecule has 0 aromatic rings. The highest BCUT2D eigenvalue weighted by atomic mass is 31.2. The first-order valence-corrected chi connectivity index (χ1v) is 34.4. The second kappa shape index (κ2) is 56.2. The molecule has 3 unspecified atom stereocenters. The van der Waals surface area contributed by atoms with Gasteiger partial charge in [0.05, 0.1) is 39.9 Å². The van der Waals surface area contributed by atoms with E-state index in [1.54, 1.807) is 0 Å². The van der Waals surface area contributed by atoms with Crippen molar-refractivity contribution in [3.8, 4) is 0 Å². The number of carbonyl (C=O) groups excluding carboxylic acids is 1. The molecule has 1 amide bonds. The number of hydrogen-bond acceptors (Lipinski definition) is 5. The van der Waals surface area contributed by atoms with Gasteiger partial charge in [0.1, 0.15) is 13.2 Å². The van der Waals surface area contributed by atoms with Gasteiger partial charge in [-0.25, -0.2) is 4.57 Å². The van der Waals surface area contributed by atoms with Gasteiger partial charge in [0.15, 0.2) is 0 Å². The summed E-state index contributed by atoms with van der Waals surface area (Å²) in [7, 11) is 1.64. The van der Waals surface area contributed by atoms with Crippen molar-refractivity contribution in [2.75, 3.05) is 40.9 Å². The summed E-state index contributed by atoms with van der Waals surface area (Å²) in [6.45, 7) is 4.95. The number of nitrogens with zero attached hydrogens (tertiary/aromatic N) is 1. The highest BCUT2D eigenvalue weighted by molar-refractivity contribution is 7.47. The highest BCUT2D eigenvalue weighted by Gasteiger charge is 2.28. The summed E-state index contributed by atoms with van der Waals surface area (Å²) in [6.07, 6.45) is 69.2. The molecule has 0 bridgehead atoms. The molecule has 8 nitrogen and oxygen atoms in total. The van der Waals surface area contributed by atoms with Crippen LogP contribution in [-0.2, 0) is 18.4 Å². The van der Waals surface area contributed by atoms with Crippen molar-refractivity contribution in [2.24, 2.45) is 0 Å². The zero-order valence-electron chi connectivity index (χ0n) is 50.2. The first-order chi connectivity index (χ1) is 35.5. The lowest BCUT2D eigenvalue weighted by Gasteiger charge is -2.26. The maximum absolute atomic E-state index is 13.0. The smallest absolute Gasteiger partial charge is 0.391 e. The Kier molecular flexibility index (Phi) is 55.8. The number of carbonyl (C=O) groups is 1. The quantitative estimate of drug-likeness (QED) is 0.0318. The number of phosphoric acid groups is 1. The van der Waals surface area contributed by atoms with E-state index < -0.39 is 20.0 Å². The molecule has 3 N–H and O–H groups in total. The summed E-state index contributed by atoms with van der Waals surface area (Å²) < 4.78 is 23.8. The molecule has 0 aromatic carbocycles. The van der Waals surface area contributed by atoms with Gasteiger partial charge in [0.25, 0.3) is 0 Å². The van der Waals surface area contributed by atoms with Gasteiger partial charge in [0.2, 0.25) is 5.91 Å². The number of unbranched alkanes of at least 4 members (excludes halogenated alkanes) is 49. The number of aliphatic hydroxyl groups excluding tert-OH is 1. The van der Waals surface area contributed by atoms with Gasteiger partial charge in [-0.15, -0.1) is 0 Å². The van der Waals surface area contributed by atoms with Crippen LogP contribution in [0.4, 0.5) is 0 Å². The number of phosphoric ester groups is 1. The van der Waals surface area contributed by atoms with Crippen LogP contribution < -0.4 is 5.32 Å². The molecule has 0 aliphatic rings. The van der Waals surface area contributed by atoms with E-state index in [0.29, 0.717) is 23.9 Å². The van der Waals surface area contributed by atoms with E-state index in [1.165, 1.54) is 289 Å². The van der Waals surface area contributed by atoms with E-state index in [9.17, 15) is 19.4 Å². The topological polar surface area (TPSA) is 105 Å². The second-order valence-corrected chi connectivity index (χ2v) is 25.7. The average Bonchev–Trinajstić information content (AvgIpc) is 3.35. The van der Waals surface area contributed by atoms with E-state index >= 15 is 0 Å². The zero-order chi connectivity index (χ0) is 53.5. The van der Waals surface area contributed by atoms with Crippen molar-refractivity contribution in [1.82, 2.24) is 5.32 Å². The van der Waals surface area contributed by atoms with Gasteiger partial charge >= 0.3 is 7.82 Å². The number of aliphatic hydroxyl groups is 1. The van der Waals surface area contributed by atoms with Gasteiger partial charge in [-0.2, -0.15) is 0 Å². The Labute approximate surface area is 457 Å². The van der Waals surface area contributed by atoms with E-state index in [2.05, 4.69) is 19.2 Å². The summed E-state index contributed by atoms with van der Waals surface area (Å²) in [4.78, 5) is 23.4. The Balaban J connectivity index is 3.87. The van der Waals surface area contributed by atoms with Crippen molar-refractivity contribution in [1.29, 1.82) is 0 Å². The summed E-state index contributed by atoms with van der Waals surface area (Å²) in [5, 5.41) is 14.1. The Hall–Kier alpha value is -0.500.